The predicted octanol–water partition coefficient (Wildman–Crippen LogP) is 9.17. The SMILES string of the molecule is c1ccc2cc3c(cc2c1)oc1ccc(-c2ccc(-c4ccc5ccc6cccnc6c5n4)cc2)cc13. The number of aromatic nitrogens is 2. The van der Waals surface area contributed by atoms with Gasteiger partial charge in [0.25, 0.3) is 0 Å². The van der Waals surface area contributed by atoms with Crippen molar-refractivity contribution in [1.29, 1.82) is 0 Å². The van der Waals surface area contributed by atoms with Gasteiger partial charge in [-0.1, -0.05) is 78.9 Å². The summed E-state index contributed by atoms with van der Waals surface area (Å²) < 4.78 is 6.18. The number of hydrogen-bond acceptors (Lipinski definition) is 3. The normalized spacial score (nSPS) is 11.8. The van der Waals surface area contributed by atoms with Crippen LogP contribution >= 0.6 is 0 Å². The molecule has 0 atom stereocenters. The van der Waals surface area contributed by atoms with Crippen LogP contribution in [0.5, 0.6) is 0 Å². The first-order valence-electron chi connectivity index (χ1n) is 12.4. The Kier molecular flexibility index (Phi) is 4.23. The second kappa shape index (κ2) is 7.74. The number of pyridine rings is 2. The van der Waals surface area contributed by atoms with Crippen LogP contribution in [0, 0.1) is 0 Å². The molecule has 0 saturated carbocycles. The van der Waals surface area contributed by atoms with Gasteiger partial charge in [0.05, 0.1) is 16.7 Å². The molecule has 0 radical (unpaired) electrons. The van der Waals surface area contributed by atoms with Crippen LogP contribution in [0.15, 0.2) is 126 Å². The van der Waals surface area contributed by atoms with E-state index in [-0.39, 0.29) is 0 Å². The molecule has 3 nitrogen and oxygen atoms in total. The van der Waals surface area contributed by atoms with Crippen molar-refractivity contribution in [2.45, 2.75) is 0 Å². The number of hydrogen-bond donors (Lipinski definition) is 0. The summed E-state index contributed by atoms with van der Waals surface area (Å²) in [7, 11) is 0. The summed E-state index contributed by atoms with van der Waals surface area (Å²) in [6.07, 6.45) is 1.83. The van der Waals surface area contributed by atoms with E-state index in [9.17, 15) is 0 Å². The van der Waals surface area contributed by atoms with Crippen LogP contribution in [0.3, 0.4) is 0 Å². The maximum atomic E-state index is 6.18. The fourth-order valence-electron chi connectivity index (χ4n) is 5.36. The van der Waals surface area contributed by atoms with Crippen LogP contribution in [0.1, 0.15) is 0 Å². The molecule has 0 N–H and O–H groups in total. The van der Waals surface area contributed by atoms with E-state index in [0.29, 0.717) is 0 Å². The van der Waals surface area contributed by atoms with Gasteiger partial charge in [-0.3, -0.25) is 4.98 Å². The highest BCUT2D eigenvalue weighted by Gasteiger charge is 2.11. The molecule has 0 amide bonds. The molecule has 0 aliphatic heterocycles. The predicted molar refractivity (Wildman–Crippen MR) is 153 cm³/mol. The molecule has 0 saturated heterocycles. The summed E-state index contributed by atoms with van der Waals surface area (Å²) in [5, 5.41) is 6.89. The molecule has 0 aliphatic carbocycles. The molecular weight excluding hydrogens is 452 g/mol. The maximum Gasteiger partial charge on any atom is 0.136 e. The van der Waals surface area contributed by atoms with Gasteiger partial charge in [-0.25, -0.2) is 4.98 Å². The van der Waals surface area contributed by atoms with Crippen LogP contribution in [0.4, 0.5) is 0 Å². The molecule has 8 aromatic rings. The van der Waals surface area contributed by atoms with E-state index in [0.717, 1.165) is 66.1 Å². The Morgan fingerprint density at radius 3 is 2.00 bits per heavy atom. The first-order valence-corrected chi connectivity index (χ1v) is 12.4. The molecule has 0 bridgehead atoms. The Bertz CT molecular complexity index is 2140. The second-order valence-corrected chi connectivity index (χ2v) is 9.49. The fraction of sp³-hybridized carbons (Fsp3) is 0. The zero-order chi connectivity index (χ0) is 24.3. The molecule has 0 unspecified atom stereocenters. The third-order valence-electron chi connectivity index (χ3n) is 7.28. The molecular formula is C34H20N2O. The minimum absolute atomic E-state index is 0.909. The third-order valence-corrected chi connectivity index (χ3v) is 7.28. The minimum atomic E-state index is 0.909. The van der Waals surface area contributed by atoms with Gasteiger partial charge in [-0.15, -0.1) is 0 Å². The van der Waals surface area contributed by atoms with Gasteiger partial charge >= 0.3 is 0 Å². The van der Waals surface area contributed by atoms with Gasteiger partial charge in [0, 0.05) is 33.3 Å². The van der Waals surface area contributed by atoms with E-state index < -0.39 is 0 Å². The van der Waals surface area contributed by atoms with Crippen molar-refractivity contribution in [3.63, 3.8) is 0 Å². The van der Waals surface area contributed by atoms with E-state index in [1.165, 1.54) is 10.8 Å². The standard InChI is InChI=1S/C34H20N2O/c1-2-5-26-20-32-29(18-25(26)4-1)28-19-27(14-16-31(28)37-32)21-7-9-22(10-8-21)30-15-13-24-12-11-23-6-3-17-35-33(23)34(24)36-30/h1-20H. The number of rotatable bonds is 2. The summed E-state index contributed by atoms with van der Waals surface area (Å²) in [6, 6.07) is 40.3. The van der Waals surface area contributed by atoms with E-state index in [4.69, 9.17) is 9.40 Å². The number of furan rings is 1. The van der Waals surface area contributed by atoms with Crippen molar-refractivity contribution in [1.82, 2.24) is 9.97 Å². The molecule has 0 spiro atoms. The largest absolute Gasteiger partial charge is 0.456 e. The van der Waals surface area contributed by atoms with Crippen molar-refractivity contribution in [3.05, 3.63) is 121 Å². The summed E-state index contributed by atoms with van der Waals surface area (Å²) in [6.45, 7) is 0. The Hall–Kier alpha value is -5.02. The topological polar surface area (TPSA) is 38.9 Å². The monoisotopic (exact) mass is 472 g/mol. The van der Waals surface area contributed by atoms with E-state index in [1.54, 1.807) is 0 Å². The smallest absolute Gasteiger partial charge is 0.136 e. The number of fused-ring (bicyclic) bond motifs is 7. The lowest BCUT2D eigenvalue weighted by Crippen LogP contribution is -1.88. The molecule has 0 fully saturated rings. The highest BCUT2D eigenvalue weighted by molar-refractivity contribution is 6.11. The fourth-order valence-corrected chi connectivity index (χ4v) is 5.36. The minimum Gasteiger partial charge on any atom is -0.456 e. The Balaban J connectivity index is 1.21. The molecule has 172 valence electrons. The zero-order valence-electron chi connectivity index (χ0n) is 19.8. The lowest BCUT2D eigenvalue weighted by molar-refractivity contribution is 0.669. The molecule has 3 heteroatoms. The average molecular weight is 473 g/mol. The van der Waals surface area contributed by atoms with Crippen LogP contribution in [-0.4, -0.2) is 9.97 Å². The number of benzene rings is 5. The lowest BCUT2D eigenvalue weighted by Gasteiger charge is -2.07. The first-order chi connectivity index (χ1) is 18.3. The van der Waals surface area contributed by atoms with Gasteiger partial charge in [0.1, 0.15) is 11.2 Å². The maximum absolute atomic E-state index is 6.18. The second-order valence-electron chi connectivity index (χ2n) is 9.49. The van der Waals surface area contributed by atoms with Crippen molar-refractivity contribution in [2.24, 2.45) is 0 Å². The van der Waals surface area contributed by atoms with Crippen LogP contribution in [0.25, 0.3) is 76.9 Å². The van der Waals surface area contributed by atoms with E-state index >= 15 is 0 Å². The van der Waals surface area contributed by atoms with Gasteiger partial charge in [-0.05, 0) is 58.3 Å². The summed E-state index contributed by atoms with van der Waals surface area (Å²) in [5.74, 6) is 0. The van der Waals surface area contributed by atoms with E-state index in [2.05, 4.69) is 114 Å². The lowest BCUT2D eigenvalue weighted by atomic mass is 9.99. The third kappa shape index (κ3) is 3.21. The van der Waals surface area contributed by atoms with E-state index in [1.807, 2.05) is 12.3 Å². The Morgan fingerprint density at radius 2 is 1.14 bits per heavy atom. The van der Waals surface area contributed by atoms with Crippen molar-refractivity contribution in [3.8, 4) is 22.4 Å². The highest BCUT2D eigenvalue weighted by atomic mass is 16.3. The van der Waals surface area contributed by atoms with Crippen LogP contribution < -0.4 is 0 Å². The molecule has 3 aromatic heterocycles. The van der Waals surface area contributed by atoms with Gasteiger partial charge in [0.2, 0.25) is 0 Å². The quantitative estimate of drug-likeness (QED) is 0.235. The Morgan fingerprint density at radius 1 is 0.459 bits per heavy atom. The number of nitrogens with zero attached hydrogens (tertiary/aromatic N) is 2. The molecule has 8 rings (SSSR count). The van der Waals surface area contributed by atoms with Crippen molar-refractivity contribution in [2.75, 3.05) is 0 Å². The van der Waals surface area contributed by atoms with Gasteiger partial charge in [-0.2, -0.15) is 0 Å². The summed E-state index contributed by atoms with van der Waals surface area (Å²) in [5.41, 5.74) is 8.05. The molecule has 0 aliphatic rings. The molecule has 5 aromatic carbocycles. The molecule has 3 heterocycles. The molecule has 37 heavy (non-hydrogen) atoms. The van der Waals surface area contributed by atoms with Gasteiger partial charge < -0.3 is 4.42 Å². The first kappa shape index (κ1) is 20.2. The van der Waals surface area contributed by atoms with Crippen LogP contribution in [-0.2, 0) is 0 Å². The zero-order valence-corrected chi connectivity index (χ0v) is 19.8. The summed E-state index contributed by atoms with van der Waals surface area (Å²) in [4.78, 5) is 9.58. The van der Waals surface area contributed by atoms with Crippen LogP contribution in [0.2, 0.25) is 0 Å². The highest BCUT2D eigenvalue weighted by Crippen LogP contribution is 2.35. The summed E-state index contributed by atoms with van der Waals surface area (Å²) >= 11 is 0. The van der Waals surface area contributed by atoms with Crippen molar-refractivity contribution < 1.29 is 4.42 Å². The van der Waals surface area contributed by atoms with Gasteiger partial charge in [0.15, 0.2) is 0 Å². The average Bonchev–Trinajstić information content (AvgIpc) is 3.32. The van der Waals surface area contributed by atoms with Crippen molar-refractivity contribution >= 4 is 54.5 Å². The Labute approximate surface area is 212 Å².